The molecule has 3 N–H and O–H groups in total. The van der Waals surface area contributed by atoms with Crippen LogP contribution in [0.2, 0.25) is 0 Å². The van der Waals surface area contributed by atoms with E-state index in [1.807, 2.05) is 6.92 Å². The van der Waals surface area contributed by atoms with E-state index in [2.05, 4.69) is 5.32 Å². The molecule has 3 aromatic rings. The Morgan fingerprint density at radius 3 is 2.77 bits per heavy atom. The van der Waals surface area contributed by atoms with Gasteiger partial charge in [-0.15, -0.1) is 0 Å². The summed E-state index contributed by atoms with van der Waals surface area (Å²) < 4.78 is 6.75. The molecule has 9 nitrogen and oxygen atoms in total. The Morgan fingerprint density at radius 2 is 2.06 bits per heavy atom. The van der Waals surface area contributed by atoms with Crippen LogP contribution in [0.15, 0.2) is 16.9 Å². The van der Waals surface area contributed by atoms with E-state index in [0.717, 1.165) is 27.6 Å². The number of aromatic hydroxyl groups is 1. The zero-order chi connectivity index (χ0) is 24.8. The van der Waals surface area contributed by atoms with Gasteiger partial charge in [0.05, 0.1) is 35.1 Å². The molecule has 0 bridgehead atoms. The van der Waals surface area contributed by atoms with Crippen molar-refractivity contribution in [2.75, 3.05) is 0 Å². The van der Waals surface area contributed by atoms with Gasteiger partial charge in [0.1, 0.15) is 12.4 Å². The number of amides is 1. The number of aliphatic hydroxyl groups is 1. The van der Waals surface area contributed by atoms with Crippen LogP contribution in [0.3, 0.4) is 0 Å². The number of esters is 1. The molecule has 4 heterocycles. The number of carbonyl (C=O) groups is 2. The lowest BCUT2D eigenvalue weighted by Gasteiger charge is -2.31. The lowest BCUT2D eigenvalue weighted by Crippen LogP contribution is -2.44. The summed E-state index contributed by atoms with van der Waals surface area (Å²) in [5.41, 5.74) is 3.41. The van der Waals surface area contributed by atoms with Crippen LogP contribution < -0.4 is 10.9 Å². The van der Waals surface area contributed by atoms with Gasteiger partial charge in [0, 0.05) is 29.5 Å². The average Bonchev–Trinajstić information content (AvgIpc) is 3.19. The Balaban J connectivity index is 1.68. The Labute approximate surface area is 200 Å². The summed E-state index contributed by atoms with van der Waals surface area (Å²) in [4.78, 5) is 42.9. The first-order valence-corrected chi connectivity index (χ1v) is 11.8. The first-order chi connectivity index (χ1) is 16.7. The number of carbonyl (C=O) groups excluding carboxylic acids is 2. The summed E-state index contributed by atoms with van der Waals surface area (Å²) in [5.74, 6) is -0.778. The van der Waals surface area contributed by atoms with Crippen molar-refractivity contribution in [2.24, 2.45) is 0 Å². The smallest absolute Gasteiger partial charge is 0.343 e. The quantitative estimate of drug-likeness (QED) is 0.379. The van der Waals surface area contributed by atoms with Crippen molar-refractivity contribution in [1.29, 1.82) is 0 Å². The highest BCUT2D eigenvalue weighted by Gasteiger charge is 2.46. The number of fused-ring (bicyclic) bond motifs is 5. The van der Waals surface area contributed by atoms with Crippen molar-refractivity contribution >= 4 is 22.8 Å². The monoisotopic (exact) mass is 475 g/mol. The zero-order valence-corrected chi connectivity index (χ0v) is 19.7. The van der Waals surface area contributed by atoms with E-state index >= 15 is 0 Å². The number of cyclic esters (lactones) is 1. The lowest BCUT2D eigenvalue weighted by molar-refractivity contribution is -0.172. The summed E-state index contributed by atoms with van der Waals surface area (Å²) in [5, 5.41) is 25.6. The van der Waals surface area contributed by atoms with Gasteiger partial charge < -0.3 is 24.8 Å². The van der Waals surface area contributed by atoms with Gasteiger partial charge in [-0.25, -0.2) is 9.78 Å². The van der Waals surface area contributed by atoms with Gasteiger partial charge in [-0.3, -0.25) is 9.59 Å². The van der Waals surface area contributed by atoms with Crippen LogP contribution in [-0.4, -0.2) is 31.6 Å². The Hall–Kier alpha value is -3.72. The molecule has 1 aromatic carbocycles. The molecule has 0 spiro atoms. The minimum absolute atomic E-state index is 0.0616. The molecular formula is C26H25N3O6. The van der Waals surface area contributed by atoms with Crippen LogP contribution in [0.1, 0.15) is 66.1 Å². The molecular weight excluding hydrogens is 450 g/mol. The van der Waals surface area contributed by atoms with Crippen LogP contribution in [0.4, 0.5) is 0 Å². The SMILES string of the molecule is CC[C@@]1(O)C(=O)OCc2c1cc1n(c2=O)Cc2c-1nc1cc(O)c(C)c3c1c2[C@@H](NC(C)=O)CC3. The molecule has 6 rings (SSSR count). The number of phenolic OH excluding ortho intramolecular Hbond substituents is 1. The second-order valence-corrected chi connectivity index (χ2v) is 9.64. The van der Waals surface area contributed by atoms with Crippen LogP contribution in [0.5, 0.6) is 5.75 Å². The van der Waals surface area contributed by atoms with Crippen LogP contribution in [0, 0.1) is 6.92 Å². The number of phenols is 1. The third kappa shape index (κ3) is 2.78. The molecule has 2 atom stereocenters. The number of nitrogens with zero attached hydrogens (tertiary/aromatic N) is 2. The largest absolute Gasteiger partial charge is 0.508 e. The molecule has 3 aliphatic rings. The van der Waals surface area contributed by atoms with Gasteiger partial charge in [0.2, 0.25) is 5.91 Å². The fraction of sp³-hybridized carbons (Fsp3) is 0.385. The summed E-state index contributed by atoms with van der Waals surface area (Å²) in [6.45, 7) is 5.07. The highest BCUT2D eigenvalue weighted by Crippen LogP contribution is 2.46. The number of hydrogen-bond donors (Lipinski definition) is 3. The summed E-state index contributed by atoms with van der Waals surface area (Å²) in [6, 6.07) is 3.02. The second kappa shape index (κ2) is 7.14. The predicted octanol–water partition coefficient (Wildman–Crippen LogP) is 2.22. The van der Waals surface area contributed by atoms with E-state index in [1.165, 1.54) is 6.92 Å². The number of rotatable bonds is 2. The van der Waals surface area contributed by atoms with Crippen molar-refractivity contribution in [1.82, 2.24) is 14.9 Å². The number of hydrogen-bond acceptors (Lipinski definition) is 7. The van der Waals surface area contributed by atoms with E-state index < -0.39 is 11.6 Å². The molecule has 0 fully saturated rings. The van der Waals surface area contributed by atoms with Gasteiger partial charge in [0.25, 0.3) is 5.56 Å². The van der Waals surface area contributed by atoms with Crippen molar-refractivity contribution in [3.05, 3.63) is 55.9 Å². The highest BCUT2D eigenvalue weighted by atomic mass is 16.6. The minimum atomic E-state index is -1.91. The van der Waals surface area contributed by atoms with E-state index in [-0.39, 0.29) is 54.0 Å². The Kier molecular flexibility index (Phi) is 4.45. The molecule has 0 unspecified atom stereocenters. The lowest BCUT2D eigenvalue weighted by atomic mass is 9.81. The molecule has 0 radical (unpaired) electrons. The number of pyridine rings is 2. The number of nitrogens with one attached hydrogen (secondary N) is 1. The van der Waals surface area contributed by atoms with Gasteiger partial charge in [-0.1, -0.05) is 6.92 Å². The van der Waals surface area contributed by atoms with Gasteiger partial charge in [-0.05, 0) is 48.9 Å². The third-order valence-corrected chi connectivity index (χ3v) is 7.79. The zero-order valence-electron chi connectivity index (χ0n) is 19.7. The molecule has 2 aromatic heterocycles. The topological polar surface area (TPSA) is 131 Å². The first kappa shape index (κ1) is 21.8. The molecule has 2 aliphatic heterocycles. The van der Waals surface area contributed by atoms with Crippen molar-refractivity contribution in [3.63, 3.8) is 0 Å². The summed E-state index contributed by atoms with van der Waals surface area (Å²) >= 11 is 0. The van der Waals surface area contributed by atoms with E-state index in [0.29, 0.717) is 29.7 Å². The maximum Gasteiger partial charge on any atom is 0.343 e. The Morgan fingerprint density at radius 1 is 1.29 bits per heavy atom. The number of aryl methyl sites for hydroxylation is 1. The fourth-order valence-electron chi connectivity index (χ4n) is 5.96. The average molecular weight is 476 g/mol. The second-order valence-electron chi connectivity index (χ2n) is 9.64. The third-order valence-electron chi connectivity index (χ3n) is 7.79. The molecule has 35 heavy (non-hydrogen) atoms. The highest BCUT2D eigenvalue weighted by molar-refractivity contribution is 5.94. The molecule has 0 saturated heterocycles. The maximum atomic E-state index is 13.5. The van der Waals surface area contributed by atoms with Crippen molar-refractivity contribution < 1.29 is 24.5 Å². The number of benzene rings is 1. The molecule has 1 amide bonds. The molecule has 0 saturated carbocycles. The summed E-state index contributed by atoms with van der Waals surface area (Å²) in [7, 11) is 0. The standard InChI is InChI=1S/C26H25N3O6/c1-4-26(34)16-7-19-23-14(9-29(19)24(32)15(16)10-35-25(26)33)22-17(27-12(3)30)6-5-13-11(2)20(31)8-18(28-23)21(13)22/h7-8,17,31,34H,4-6,9-10H2,1-3H3,(H,27,30)/t17-,26-/m0/s1. The van der Waals surface area contributed by atoms with Gasteiger partial charge in [-0.2, -0.15) is 0 Å². The minimum Gasteiger partial charge on any atom is -0.508 e. The normalized spacial score (nSPS) is 21.8. The fourth-order valence-corrected chi connectivity index (χ4v) is 5.96. The summed E-state index contributed by atoms with van der Waals surface area (Å²) in [6.07, 6.45) is 1.40. The van der Waals surface area contributed by atoms with Crippen LogP contribution in [0.25, 0.3) is 22.3 Å². The number of ether oxygens (including phenoxy) is 1. The first-order valence-electron chi connectivity index (χ1n) is 11.8. The molecule has 180 valence electrons. The predicted molar refractivity (Wildman–Crippen MR) is 126 cm³/mol. The number of aromatic nitrogens is 2. The van der Waals surface area contributed by atoms with E-state index in [1.54, 1.807) is 23.6 Å². The van der Waals surface area contributed by atoms with Gasteiger partial charge in [0.15, 0.2) is 5.60 Å². The Bertz CT molecular complexity index is 1560. The van der Waals surface area contributed by atoms with Crippen molar-refractivity contribution in [2.45, 2.75) is 64.8 Å². The van der Waals surface area contributed by atoms with Gasteiger partial charge >= 0.3 is 5.97 Å². The van der Waals surface area contributed by atoms with E-state index in [9.17, 15) is 24.6 Å². The van der Waals surface area contributed by atoms with E-state index in [4.69, 9.17) is 9.72 Å². The molecule has 9 heteroatoms. The maximum absolute atomic E-state index is 13.5. The van der Waals surface area contributed by atoms with Crippen LogP contribution >= 0.6 is 0 Å². The van der Waals surface area contributed by atoms with Crippen LogP contribution in [-0.2, 0) is 39.5 Å². The van der Waals surface area contributed by atoms with Crippen molar-refractivity contribution in [3.8, 4) is 17.1 Å². The molecule has 1 aliphatic carbocycles.